The summed E-state index contributed by atoms with van der Waals surface area (Å²) in [6.45, 7) is 5.76. The Bertz CT molecular complexity index is 62.1. The monoisotopic (exact) mass is 217 g/mol. The molecule has 1 saturated heterocycles. The Balaban J connectivity index is 0.000000640. The average Bonchev–Trinajstić information content (AvgIpc) is 1.94. The summed E-state index contributed by atoms with van der Waals surface area (Å²) in [5, 5.41) is 4.23. The molecule has 1 aliphatic heterocycles. The second kappa shape index (κ2) is 5.34. The molecule has 9 heavy (non-hydrogen) atoms. The van der Waals surface area contributed by atoms with Gasteiger partial charge in [0.15, 0.2) is 0 Å². The third-order valence-electron chi connectivity index (χ3n) is 1.24. The first-order valence-electron chi connectivity index (χ1n) is 3.10. The maximum atomic E-state index is 5.21. The molecule has 0 aromatic carbocycles. The number of rotatable bonds is 0. The number of nitrogens with zero attached hydrogens (tertiary/aromatic N) is 1. The summed E-state index contributed by atoms with van der Waals surface area (Å²) < 4.78 is 5.21. The van der Waals surface area contributed by atoms with Gasteiger partial charge in [0.2, 0.25) is 0 Å². The van der Waals surface area contributed by atoms with E-state index in [9.17, 15) is 0 Å². The molecule has 0 spiro atoms. The van der Waals surface area contributed by atoms with Gasteiger partial charge in [0, 0.05) is 32.7 Å². The van der Waals surface area contributed by atoms with E-state index < -0.39 is 0 Å². The van der Waals surface area contributed by atoms with Crippen molar-refractivity contribution in [2.24, 2.45) is 5.92 Å². The molecule has 1 rings (SSSR count). The van der Waals surface area contributed by atoms with Crippen LogP contribution in [0, 0.1) is 5.92 Å². The fourth-order valence-corrected chi connectivity index (χ4v) is 0.778. The second-order valence-corrected chi connectivity index (χ2v) is 2.31. The van der Waals surface area contributed by atoms with Crippen molar-refractivity contribution >= 4 is 0 Å². The average molecular weight is 217 g/mol. The van der Waals surface area contributed by atoms with E-state index in [-0.39, 0.29) is 19.5 Å². The zero-order valence-corrected chi connectivity index (χ0v) is 7.23. The van der Waals surface area contributed by atoms with E-state index in [0.717, 1.165) is 26.3 Å². The minimum atomic E-state index is 0. The summed E-state index contributed by atoms with van der Waals surface area (Å²) >= 11 is 0. The first-order chi connectivity index (χ1) is 3.89. The minimum Gasteiger partial charge on any atom is -0.660 e. The predicted octanol–water partition coefficient (Wildman–Crippen LogP) is 1.02. The molecule has 1 unspecified atom stereocenters. The molecule has 2 nitrogen and oxygen atoms in total. The van der Waals surface area contributed by atoms with Crippen LogP contribution in [-0.2, 0) is 24.2 Å². The van der Waals surface area contributed by atoms with Crippen LogP contribution in [0.4, 0.5) is 0 Å². The quantitative estimate of drug-likeness (QED) is 0.555. The van der Waals surface area contributed by atoms with Gasteiger partial charge in [0.25, 0.3) is 0 Å². The second-order valence-electron chi connectivity index (χ2n) is 2.31. The molecule has 1 fully saturated rings. The van der Waals surface area contributed by atoms with Crippen LogP contribution in [0.5, 0.6) is 0 Å². The fraction of sp³-hybridized carbons (Fsp3) is 1.00. The van der Waals surface area contributed by atoms with E-state index in [4.69, 9.17) is 4.74 Å². The third kappa shape index (κ3) is 4.02. The molecule has 0 amide bonds. The van der Waals surface area contributed by atoms with Crippen LogP contribution < -0.4 is 0 Å². The molecule has 0 aromatic heterocycles. The van der Waals surface area contributed by atoms with Gasteiger partial charge in [-0.05, 0) is 5.92 Å². The van der Waals surface area contributed by atoms with Crippen LogP contribution in [0.3, 0.4) is 0 Å². The van der Waals surface area contributed by atoms with Crippen molar-refractivity contribution in [2.45, 2.75) is 6.92 Å². The van der Waals surface area contributed by atoms with Crippen molar-refractivity contribution in [3.8, 4) is 0 Å². The Morgan fingerprint density at radius 1 is 1.56 bits per heavy atom. The van der Waals surface area contributed by atoms with Gasteiger partial charge in [-0.15, -0.1) is 13.1 Å². The molecule has 0 aromatic rings. The molecule has 1 atom stereocenters. The molecule has 57 valence electrons. The van der Waals surface area contributed by atoms with Crippen molar-refractivity contribution in [2.75, 3.05) is 26.3 Å². The Kier molecular flexibility index (Phi) is 5.66. The summed E-state index contributed by atoms with van der Waals surface area (Å²) in [5.74, 6) is 0.637. The van der Waals surface area contributed by atoms with Gasteiger partial charge in [0.05, 0.1) is 0 Å². The Hall–Kier alpha value is 0.543. The maximum absolute atomic E-state index is 5.21. The van der Waals surface area contributed by atoms with Crippen LogP contribution in [0.1, 0.15) is 6.92 Å². The summed E-state index contributed by atoms with van der Waals surface area (Å²) in [5.41, 5.74) is 0. The van der Waals surface area contributed by atoms with E-state index in [1.54, 1.807) is 0 Å². The molecular weight excluding hydrogens is 205 g/mol. The number of ether oxygens (including phenoxy) is 1. The third-order valence-corrected chi connectivity index (χ3v) is 1.24. The summed E-state index contributed by atoms with van der Waals surface area (Å²) in [6, 6.07) is 0. The topological polar surface area (TPSA) is 23.3 Å². The molecule has 3 heteroatoms. The predicted molar refractivity (Wildman–Crippen MR) is 33.1 cm³/mol. The van der Waals surface area contributed by atoms with Gasteiger partial charge in [0.1, 0.15) is 0 Å². The van der Waals surface area contributed by atoms with Crippen molar-refractivity contribution < 1.29 is 24.2 Å². The molecule has 1 aliphatic rings. The van der Waals surface area contributed by atoms with Crippen LogP contribution in [0.15, 0.2) is 0 Å². The molecule has 0 aliphatic carbocycles. The normalized spacial score (nSPS) is 28.3. The molecule has 0 N–H and O–H groups in total. The van der Waals surface area contributed by atoms with E-state index in [1.165, 1.54) is 0 Å². The van der Waals surface area contributed by atoms with Gasteiger partial charge in [-0.2, -0.15) is 0 Å². The van der Waals surface area contributed by atoms with E-state index in [2.05, 4.69) is 12.2 Å². The zero-order valence-electron chi connectivity index (χ0n) is 5.59. The number of hydrogen-bond acceptors (Lipinski definition) is 1. The fourth-order valence-electron chi connectivity index (χ4n) is 0.778. The Morgan fingerprint density at radius 3 is 3.11 bits per heavy atom. The largest absolute Gasteiger partial charge is 0.660 e. The molecule has 1 radical (unpaired) electrons. The standard InChI is InChI=1S/C6H12NO.Rh/c1-6-4-7-2-3-8-5-6;/h6H,2-5H2,1H3;/q-1;. The van der Waals surface area contributed by atoms with Crippen LogP contribution in [-0.4, -0.2) is 26.3 Å². The Labute approximate surface area is 69.1 Å². The SMILES string of the molecule is CC1C[N-]CCOC1.[Rh]. The summed E-state index contributed by atoms with van der Waals surface area (Å²) in [7, 11) is 0. The molecule has 0 saturated carbocycles. The zero-order chi connectivity index (χ0) is 5.82. The van der Waals surface area contributed by atoms with Gasteiger partial charge in [-0.1, -0.05) is 6.92 Å². The van der Waals surface area contributed by atoms with E-state index in [0.29, 0.717) is 5.92 Å². The minimum absolute atomic E-state index is 0. The summed E-state index contributed by atoms with van der Waals surface area (Å²) in [6.07, 6.45) is 0. The van der Waals surface area contributed by atoms with Gasteiger partial charge < -0.3 is 10.1 Å². The number of hydrogen-bond donors (Lipinski definition) is 0. The van der Waals surface area contributed by atoms with Crippen molar-refractivity contribution in [1.29, 1.82) is 0 Å². The van der Waals surface area contributed by atoms with Gasteiger partial charge >= 0.3 is 0 Å². The van der Waals surface area contributed by atoms with Crippen LogP contribution >= 0.6 is 0 Å². The van der Waals surface area contributed by atoms with Gasteiger partial charge in [-0.3, -0.25) is 0 Å². The van der Waals surface area contributed by atoms with E-state index >= 15 is 0 Å². The molecule has 0 bridgehead atoms. The van der Waals surface area contributed by atoms with Crippen molar-refractivity contribution in [3.05, 3.63) is 5.32 Å². The molecule has 1 heterocycles. The Morgan fingerprint density at radius 2 is 2.33 bits per heavy atom. The molecular formula is C6H12NORh-. The summed E-state index contributed by atoms with van der Waals surface area (Å²) in [4.78, 5) is 0. The maximum Gasteiger partial charge on any atom is 0.0474 e. The van der Waals surface area contributed by atoms with Gasteiger partial charge in [-0.25, -0.2) is 0 Å². The van der Waals surface area contributed by atoms with Crippen LogP contribution in [0.25, 0.3) is 5.32 Å². The first kappa shape index (κ1) is 9.54. The van der Waals surface area contributed by atoms with E-state index in [1.807, 2.05) is 0 Å². The van der Waals surface area contributed by atoms with Crippen molar-refractivity contribution in [1.82, 2.24) is 0 Å². The first-order valence-corrected chi connectivity index (χ1v) is 3.10. The van der Waals surface area contributed by atoms with Crippen LogP contribution in [0.2, 0.25) is 0 Å². The smallest absolute Gasteiger partial charge is 0.0474 e. The van der Waals surface area contributed by atoms with Crippen molar-refractivity contribution in [3.63, 3.8) is 0 Å².